The fraction of sp³-hybridized carbons (Fsp3) is 0.667. The Labute approximate surface area is 122 Å². The molecule has 1 aromatic rings. The molecular weight excluding hydrogens is 244 g/mol. The Morgan fingerprint density at radius 1 is 1.20 bits per heavy atom. The van der Waals surface area contributed by atoms with Crippen LogP contribution in [0.3, 0.4) is 0 Å². The Morgan fingerprint density at radius 2 is 2.05 bits per heavy atom. The van der Waals surface area contributed by atoms with Gasteiger partial charge in [0.05, 0.1) is 0 Å². The highest BCUT2D eigenvalue weighted by molar-refractivity contribution is 5.35. The number of hydrogen-bond acceptors (Lipinski definition) is 2. The highest BCUT2D eigenvalue weighted by atomic mass is 15.2. The maximum absolute atomic E-state index is 3.67. The molecule has 1 aromatic carbocycles. The van der Waals surface area contributed by atoms with E-state index in [-0.39, 0.29) is 0 Å². The maximum Gasteiger partial charge on any atom is 0.0253 e. The Bertz CT molecular complexity index is 492. The number of piperazine rings is 1. The van der Waals surface area contributed by atoms with Gasteiger partial charge in [-0.05, 0) is 61.6 Å². The minimum atomic E-state index is 0.638. The molecule has 1 saturated heterocycles. The molecule has 2 aliphatic carbocycles. The molecule has 0 radical (unpaired) electrons. The molecule has 1 heterocycles. The Kier molecular flexibility index (Phi) is 3.31. The summed E-state index contributed by atoms with van der Waals surface area (Å²) in [7, 11) is 0. The highest BCUT2D eigenvalue weighted by Gasteiger charge is 2.37. The van der Waals surface area contributed by atoms with Gasteiger partial charge < -0.3 is 5.32 Å². The second-order valence-electron chi connectivity index (χ2n) is 7.10. The van der Waals surface area contributed by atoms with Crippen LogP contribution in [-0.4, -0.2) is 30.1 Å². The van der Waals surface area contributed by atoms with Gasteiger partial charge in [-0.1, -0.05) is 18.2 Å². The molecule has 20 heavy (non-hydrogen) atoms. The van der Waals surface area contributed by atoms with Crippen LogP contribution in [0.5, 0.6) is 0 Å². The van der Waals surface area contributed by atoms with E-state index in [1.54, 1.807) is 11.1 Å². The predicted molar refractivity (Wildman–Crippen MR) is 82.9 cm³/mol. The zero-order chi connectivity index (χ0) is 13.5. The predicted octanol–water partition coefficient (Wildman–Crippen LogP) is 2.75. The standard InChI is InChI=1S/C18H26N2/c1-13-11-20(18(10-19-13)16-7-8-16)12-14-5-6-15-3-2-4-17(15)9-14/h5-6,9,13,16,18-19H,2-4,7-8,10-12H2,1H3. The normalized spacial score (nSPS) is 30.4. The minimum Gasteiger partial charge on any atom is -0.311 e. The van der Waals surface area contributed by atoms with Gasteiger partial charge in [0.2, 0.25) is 0 Å². The monoisotopic (exact) mass is 270 g/mol. The fourth-order valence-electron chi connectivity index (χ4n) is 4.09. The Morgan fingerprint density at radius 3 is 2.90 bits per heavy atom. The van der Waals surface area contributed by atoms with Crippen molar-refractivity contribution in [3.05, 3.63) is 34.9 Å². The van der Waals surface area contributed by atoms with Crippen LogP contribution in [0.15, 0.2) is 18.2 Å². The molecular formula is C18H26N2. The zero-order valence-electron chi connectivity index (χ0n) is 12.6. The number of aryl methyl sites for hydroxylation is 2. The molecule has 1 aliphatic heterocycles. The van der Waals surface area contributed by atoms with E-state index in [0.717, 1.165) is 18.5 Å². The van der Waals surface area contributed by atoms with Crippen LogP contribution in [0.4, 0.5) is 0 Å². The van der Waals surface area contributed by atoms with Crippen LogP contribution in [0, 0.1) is 5.92 Å². The van der Waals surface area contributed by atoms with E-state index in [0.29, 0.717) is 6.04 Å². The molecule has 108 valence electrons. The van der Waals surface area contributed by atoms with E-state index < -0.39 is 0 Å². The van der Waals surface area contributed by atoms with Gasteiger partial charge in [-0.25, -0.2) is 0 Å². The van der Waals surface area contributed by atoms with Crippen molar-refractivity contribution in [3.8, 4) is 0 Å². The first-order valence-electron chi connectivity index (χ1n) is 8.38. The van der Waals surface area contributed by atoms with E-state index in [1.807, 2.05) is 0 Å². The van der Waals surface area contributed by atoms with Gasteiger partial charge in [-0.15, -0.1) is 0 Å². The molecule has 1 saturated carbocycles. The van der Waals surface area contributed by atoms with Gasteiger partial charge in [-0.2, -0.15) is 0 Å². The molecule has 3 aliphatic rings. The van der Waals surface area contributed by atoms with E-state index >= 15 is 0 Å². The van der Waals surface area contributed by atoms with Crippen molar-refractivity contribution in [3.63, 3.8) is 0 Å². The molecule has 4 rings (SSSR count). The van der Waals surface area contributed by atoms with Crippen molar-refractivity contribution in [2.45, 2.75) is 57.7 Å². The van der Waals surface area contributed by atoms with Crippen LogP contribution in [-0.2, 0) is 19.4 Å². The van der Waals surface area contributed by atoms with Crippen molar-refractivity contribution < 1.29 is 0 Å². The van der Waals surface area contributed by atoms with Crippen LogP contribution in [0.25, 0.3) is 0 Å². The largest absolute Gasteiger partial charge is 0.311 e. The van der Waals surface area contributed by atoms with Crippen molar-refractivity contribution >= 4 is 0 Å². The number of fused-ring (bicyclic) bond motifs is 1. The van der Waals surface area contributed by atoms with Crippen LogP contribution in [0.2, 0.25) is 0 Å². The molecule has 2 unspecified atom stereocenters. The number of benzene rings is 1. The summed E-state index contributed by atoms with van der Waals surface area (Å²) in [5.74, 6) is 0.962. The first-order valence-corrected chi connectivity index (χ1v) is 8.38. The lowest BCUT2D eigenvalue weighted by Crippen LogP contribution is -2.55. The molecule has 0 aromatic heterocycles. The van der Waals surface area contributed by atoms with E-state index in [4.69, 9.17) is 0 Å². The van der Waals surface area contributed by atoms with Gasteiger partial charge >= 0.3 is 0 Å². The summed E-state index contributed by atoms with van der Waals surface area (Å²) in [6.45, 7) is 5.87. The third kappa shape index (κ3) is 2.51. The third-order valence-electron chi connectivity index (χ3n) is 5.37. The summed E-state index contributed by atoms with van der Waals surface area (Å²) < 4.78 is 0. The van der Waals surface area contributed by atoms with Crippen molar-refractivity contribution in [1.29, 1.82) is 0 Å². The second-order valence-corrected chi connectivity index (χ2v) is 7.10. The second kappa shape index (κ2) is 5.16. The van der Waals surface area contributed by atoms with Crippen LogP contribution >= 0.6 is 0 Å². The summed E-state index contributed by atoms with van der Waals surface area (Å²) in [6, 6.07) is 8.66. The Hall–Kier alpha value is -0.860. The average Bonchev–Trinajstić information content (AvgIpc) is 3.16. The van der Waals surface area contributed by atoms with E-state index in [9.17, 15) is 0 Å². The first-order chi connectivity index (χ1) is 9.79. The molecule has 1 N–H and O–H groups in total. The fourth-order valence-corrected chi connectivity index (χ4v) is 4.09. The first kappa shape index (κ1) is 12.8. The highest BCUT2D eigenvalue weighted by Crippen LogP contribution is 2.37. The SMILES string of the molecule is CC1CN(Cc2ccc3c(c2)CCC3)C(C2CC2)CN1. The smallest absolute Gasteiger partial charge is 0.0253 e. The van der Waals surface area contributed by atoms with Crippen molar-refractivity contribution in [2.75, 3.05) is 13.1 Å². The molecule has 2 fully saturated rings. The topological polar surface area (TPSA) is 15.3 Å². The molecule has 2 atom stereocenters. The van der Waals surface area contributed by atoms with Crippen molar-refractivity contribution in [1.82, 2.24) is 10.2 Å². The van der Waals surface area contributed by atoms with E-state index in [2.05, 4.69) is 35.3 Å². The number of nitrogens with zero attached hydrogens (tertiary/aromatic N) is 1. The third-order valence-corrected chi connectivity index (χ3v) is 5.37. The van der Waals surface area contributed by atoms with Gasteiger partial charge in [0.25, 0.3) is 0 Å². The van der Waals surface area contributed by atoms with Gasteiger partial charge in [0.15, 0.2) is 0 Å². The van der Waals surface area contributed by atoms with Gasteiger partial charge in [0.1, 0.15) is 0 Å². The molecule has 2 heteroatoms. The van der Waals surface area contributed by atoms with E-state index in [1.165, 1.54) is 50.8 Å². The van der Waals surface area contributed by atoms with Crippen LogP contribution in [0.1, 0.15) is 42.9 Å². The molecule has 0 bridgehead atoms. The maximum atomic E-state index is 3.67. The van der Waals surface area contributed by atoms with Crippen molar-refractivity contribution in [2.24, 2.45) is 5.92 Å². The van der Waals surface area contributed by atoms with Gasteiger partial charge in [-0.3, -0.25) is 4.90 Å². The summed E-state index contributed by atoms with van der Waals surface area (Å²) in [6.07, 6.45) is 6.84. The molecule has 0 spiro atoms. The average molecular weight is 270 g/mol. The molecule has 0 amide bonds. The molecule has 2 nitrogen and oxygen atoms in total. The van der Waals surface area contributed by atoms with Crippen LogP contribution < -0.4 is 5.32 Å². The lowest BCUT2D eigenvalue weighted by molar-refractivity contribution is 0.112. The Balaban J connectivity index is 1.51. The lowest BCUT2D eigenvalue weighted by atomic mass is 10.0. The summed E-state index contributed by atoms with van der Waals surface area (Å²) >= 11 is 0. The quantitative estimate of drug-likeness (QED) is 0.908. The number of rotatable bonds is 3. The zero-order valence-corrected chi connectivity index (χ0v) is 12.6. The minimum absolute atomic E-state index is 0.638. The number of hydrogen-bond donors (Lipinski definition) is 1. The summed E-state index contributed by atoms with van der Waals surface area (Å²) in [5.41, 5.74) is 4.75. The summed E-state index contributed by atoms with van der Waals surface area (Å²) in [4.78, 5) is 2.75. The summed E-state index contributed by atoms with van der Waals surface area (Å²) in [5, 5.41) is 3.67. The number of nitrogens with one attached hydrogen (secondary N) is 1. The van der Waals surface area contributed by atoms with Gasteiger partial charge in [0, 0.05) is 31.7 Å². The lowest BCUT2D eigenvalue weighted by Gasteiger charge is -2.39.